The fourth-order valence-electron chi connectivity index (χ4n) is 3.84. The van der Waals surface area contributed by atoms with Crippen molar-refractivity contribution in [3.63, 3.8) is 0 Å². The molecule has 1 heteroatoms. The second-order valence-electron chi connectivity index (χ2n) is 6.74. The predicted octanol–water partition coefficient (Wildman–Crippen LogP) is 6.08. The van der Waals surface area contributed by atoms with E-state index in [1.807, 2.05) is 12.1 Å². The molecule has 1 aliphatic rings. The molecule has 0 saturated heterocycles. The molecule has 0 aromatic heterocycles. The highest BCUT2D eigenvalue weighted by molar-refractivity contribution is 5.85. The molecule has 0 aliphatic heterocycles. The average molecular weight is 334 g/mol. The van der Waals surface area contributed by atoms with Gasteiger partial charge >= 0.3 is 0 Å². The van der Waals surface area contributed by atoms with E-state index in [0.717, 1.165) is 22.3 Å². The van der Waals surface area contributed by atoms with E-state index in [4.69, 9.17) is 0 Å². The van der Waals surface area contributed by atoms with Gasteiger partial charge in [-0.05, 0) is 56.6 Å². The molecule has 26 heavy (non-hydrogen) atoms. The quantitative estimate of drug-likeness (QED) is 0.471. The SMILES string of the molecule is OC1c2ccc(-c3ccccc3)cc2-c2cc(-c3ccccc3)ccc21. The van der Waals surface area contributed by atoms with E-state index in [-0.39, 0.29) is 0 Å². The molecule has 0 unspecified atom stereocenters. The molecule has 4 aromatic carbocycles. The van der Waals surface area contributed by atoms with Crippen molar-refractivity contribution >= 4 is 0 Å². The summed E-state index contributed by atoms with van der Waals surface area (Å²) < 4.78 is 0. The van der Waals surface area contributed by atoms with Crippen LogP contribution in [-0.2, 0) is 0 Å². The van der Waals surface area contributed by atoms with E-state index < -0.39 is 6.10 Å². The van der Waals surface area contributed by atoms with Crippen molar-refractivity contribution in [3.8, 4) is 33.4 Å². The lowest BCUT2D eigenvalue weighted by atomic mass is 9.96. The Balaban J connectivity index is 1.67. The lowest BCUT2D eigenvalue weighted by molar-refractivity contribution is 0.225. The maximum atomic E-state index is 10.8. The Labute approximate surface area is 153 Å². The molecule has 0 heterocycles. The summed E-state index contributed by atoms with van der Waals surface area (Å²) >= 11 is 0. The van der Waals surface area contributed by atoms with Crippen LogP contribution in [0.5, 0.6) is 0 Å². The molecular weight excluding hydrogens is 316 g/mol. The Kier molecular flexibility index (Phi) is 3.48. The van der Waals surface area contributed by atoms with Gasteiger partial charge in [0, 0.05) is 0 Å². The lowest BCUT2D eigenvalue weighted by Gasteiger charge is -2.08. The third-order valence-electron chi connectivity index (χ3n) is 5.20. The Hall–Kier alpha value is -3.16. The average Bonchev–Trinajstić information content (AvgIpc) is 3.01. The van der Waals surface area contributed by atoms with Crippen molar-refractivity contribution < 1.29 is 5.11 Å². The normalized spacial score (nSPS) is 12.7. The Bertz CT molecular complexity index is 993. The molecule has 0 spiro atoms. The zero-order valence-electron chi connectivity index (χ0n) is 14.3. The largest absolute Gasteiger partial charge is 0.384 e. The molecule has 0 radical (unpaired) electrons. The summed E-state index contributed by atoms with van der Waals surface area (Å²) in [5, 5.41) is 10.8. The molecule has 4 aromatic rings. The monoisotopic (exact) mass is 334 g/mol. The summed E-state index contributed by atoms with van der Waals surface area (Å²) in [7, 11) is 0. The van der Waals surface area contributed by atoms with Gasteiger partial charge in [-0.15, -0.1) is 0 Å². The van der Waals surface area contributed by atoms with Crippen LogP contribution in [-0.4, -0.2) is 5.11 Å². The van der Waals surface area contributed by atoms with Crippen LogP contribution in [0.2, 0.25) is 0 Å². The summed E-state index contributed by atoms with van der Waals surface area (Å²) in [4.78, 5) is 0. The van der Waals surface area contributed by atoms with Crippen molar-refractivity contribution in [1.82, 2.24) is 0 Å². The number of aliphatic hydroxyl groups excluding tert-OH is 1. The van der Waals surface area contributed by atoms with Gasteiger partial charge in [-0.1, -0.05) is 84.9 Å². The zero-order valence-corrected chi connectivity index (χ0v) is 14.3. The van der Waals surface area contributed by atoms with E-state index in [9.17, 15) is 5.11 Å². The van der Waals surface area contributed by atoms with Crippen LogP contribution in [0.1, 0.15) is 17.2 Å². The van der Waals surface area contributed by atoms with Gasteiger partial charge in [0.1, 0.15) is 6.10 Å². The van der Waals surface area contributed by atoms with Crippen molar-refractivity contribution in [2.75, 3.05) is 0 Å². The maximum absolute atomic E-state index is 10.8. The summed E-state index contributed by atoms with van der Waals surface area (Å²) in [5.41, 5.74) is 8.98. The minimum atomic E-state index is -0.547. The first-order chi connectivity index (χ1) is 12.8. The van der Waals surface area contributed by atoms with Crippen LogP contribution in [0.3, 0.4) is 0 Å². The summed E-state index contributed by atoms with van der Waals surface area (Å²) in [6, 6.07) is 33.5. The molecule has 0 fully saturated rings. The first-order valence-corrected chi connectivity index (χ1v) is 8.88. The third-order valence-corrected chi connectivity index (χ3v) is 5.20. The molecule has 0 saturated carbocycles. The summed E-state index contributed by atoms with van der Waals surface area (Å²) in [5.74, 6) is 0. The van der Waals surface area contributed by atoms with Crippen LogP contribution < -0.4 is 0 Å². The predicted molar refractivity (Wildman–Crippen MR) is 107 cm³/mol. The fourth-order valence-corrected chi connectivity index (χ4v) is 3.84. The molecule has 0 amide bonds. The highest BCUT2D eigenvalue weighted by Crippen LogP contribution is 2.46. The van der Waals surface area contributed by atoms with Crippen molar-refractivity contribution in [2.24, 2.45) is 0 Å². The lowest BCUT2D eigenvalue weighted by Crippen LogP contribution is -1.93. The van der Waals surface area contributed by atoms with Crippen molar-refractivity contribution in [3.05, 3.63) is 108 Å². The van der Waals surface area contributed by atoms with Gasteiger partial charge in [-0.2, -0.15) is 0 Å². The van der Waals surface area contributed by atoms with Crippen LogP contribution in [0.25, 0.3) is 33.4 Å². The summed E-state index contributed by atoms with van der Waals surface area (Å²) in [6.07, 6.45) is -0.547. The number of rotatable bonds is 2. The van der Waals surface area contributed by atoms with Crippen molar-refractivity contribution in [1.29, 1.82) is 0 Å². The highest BCUT2D eigenvalue weighted by Gasteiger charge is 2.27. The molecule has 5 rings (SSSR count). The molecule has 1 aliphatic carbocycles. The van der Waals surface area contributed by atoms with Crippen LogP contribution in [0, 0.1) is 0 Å². The Morgan fingerprint density at radius 2 is 0.885 bits per heavy atom. The van der Waals surface area contributed by atoms with Gasteiger partial charge in [0.05, 0.1) is 0 Å². The molecule has 1 N–H and O–H groups in total. The number of hydrogen-bond donors (Lipinski definition) is 1. The summed E-state index contributed by atoms with van der Waals surface area (Å²) in [6.45, 7) is 0. The number of benzene rings is 4. The second-order valence-corrected chi connectivity index (χ2v) is 6.74. The first-order valence-electron chi connectivity index (χ1n) is 8.88. The molecule has 124 valence electrons. The van der Waals surface area contributed by atoms with Crippen LogP contribution in [0.4, 0.5) is 0 Å². The van der Waals surface area contributed by atoms with Crippen LogP contribution >= 0.6 is 0 Å². The van der Waals surface area contributed by atoms with Crippen molar-refractivity contribution in [2.45, 2.75) is 6.10 Å². The van der Waals surface area contributed by atoms with Gasteiger partial charge in [0.2, 0.25) is 0 Å². The molecular formula is C25H18O. The molecule has 1 nitrogen and oxygen atoms in total. The first kappa shape index (κ1) is 15.1. The van der Waals surface area contributed by atoms with Gasteiger partial charge in [0.15, 0.2) is 0 Å². The minimum absolute atomic E-state index is 0.547. The van der Waals surface area contributed by atoms with E-state index in [2.05, 4.69) is 84.9 Å². The highest BCUT2D eigenvalue weighted by atomic mass is 16.3. The smallest absolute Gasteiger partial charge is 0.105 e. The van der Waals surface area contributed by atoms with E-state index in [0.29, 0.717) is 0 Å². The molecule has 0 bridgehead atoms. The number of aliphatic hydroxyl groups is 1. The second kappa shape index (κ2) is 5.98. The van der Waals surface area contributed by atoms with E-state index >= 15 is 0 Å². The Morgan fingerprint density at radius 1 is 0.462 bits per heavy atom. The third kappa shape index (κ3) is 2.37. The molecule has 0 atom stereocenters. The Morgan fingerprint density at radius 3 is 1.31 bits per heavy atom. The fraction of sp³-hybridized carbons (Fsp3) is 0.0400. The van der Waals surface area contributed by atoms with Gasteiger partial charge in [0.25, 0.3) is 0 Å². The zero-order chi connectivity index (χ0) is 17.5. The maximum Gasteiger partial charge on any atom is 0.105 e. The van der Waals surface area contributed by atoms with E-state index in [1.165, 1.54) is 22.3 Å². The van der Waals surface area contributed by atoms with Gasteiger partial charge in [-0.3, -0.25) is 0 Å². The van der Waals surface area contributed by atoms with Crippen LogP contribution in [0.15, 0.2) is 97.1 Å². The van der Waals surface area contributed by atoms with E-state index in [1.54, 1.807) is 0 Å². The van der Waals surface area contributed by atoms with Gasteiger partial charge < -0.3 is 5.11 Å². The number of hydrogen-bond acceptors (Lipinski definition) is 1. The van der Waals surface area contributed by atoms with Gasteiger partial charge in [-0.25, -0.2) is 0 Å². The number of fused-ring (bicyclic) bond motifs is 3. The topological polar surface area (TPSA) is 20.2 Å². The minimum Gasteiger partial charge on any atom is -0.384 e. The standard InChI is InChI=1S/C25H18O/c26-25-21-13-11-19(17-7-3-1-4-8-17)15-23(21)24-16-20(12-14-22(24)25)18-9-5-2-6-10-18/h1-16,25-26H.